The minimum atomic E-state index is 0.342. The molecule has 18 heavy (non-hydrogen) atoms. The first kappa shape index (κ1) is 13.6. The number of hydrogen-bond donors (Lipinski definition) is 1. The summed E-state index contributed by atoms with van der Waals surface area (Å²) in [7, 11) is 1.96. The van der Waals surface area contributed by atoms with Crippen LogP contribution in [0.5, 0.6) is 0 Å². The van der Waals surface area contributed by atoms with Gasteiger partial charge in [0.05, 0.1) is 0 Å². The second kappa shape index (κ2) is 6.36. The van der Waals surface area contributed by atoms with Crippen LogP contribution in [0.3, 0.4) is 0 Å². The molecule has 0 radical (unpaired) electrons. The Bertz CT molecular complexity index is 531. The Morgan fingerprint density at radius 3 is 2.83 bits per heavy atom. The third-order valence-corrected chi connectivity index (χ3v) is 4.13. The van der Waals surface area contributed by atoms with Gasteiger partial charge in [-0.05, 0) is 49.9 Å². The van der Waals surface area contributed by atoms with Crippen LogP contribution in [0, 0.1) is 0 Å². The minimum Gasteiger partial charge on any atom is -0.313 e. The van der Waals surface area contributed by atoms with Crippen LogP contribution in [0.25, 0.3) is 0 Å². The van der Waals surface area contributed by atoms with E-state index >= 15 is 0 Å². The highest BCUT2D eigenvalue weighted by Crippen LogP contribution is 2.29. The van der Waals surface area contributed by atoms with Crippen LogP contribution in [0.15, 0.2) is 57.0 Å². The molecule has 94 valence electrons. The standard InChI is InChI=1S/C14H15BrN2S/c1-10(16-2)11-6-7-17-14(8-11)18-13-5-3-4-12(15)9-13/h3-10,16H,1-2H3. The summed E-state index contributed by atoms with van der Waals surface area (Å²) in [6.45, 7) is 2.14. The van der Waals surface area contributed by atoms with Gasteiger partial charge >= 0.3 is 0 Å². The van der Waals surface area contributed by atoms with Gasteiger partial charge in [0.1, 0.15) is 5.03 Å². The van der Waals surface area contributed by atoms with Crippen molar-refractivity contribution in [3.63, 3.8) is 0 Å². The number of pyridine rings is 1. The van der Waals surface area contributed by atoms with E-state index in [0.29, 0.717) is 6.04 Å². The van der Waals surface area contributed by atoms with Gasteiger partial charge < -0.3 is 5.32 Å². The van der Waals surface area contributed by atoms with E-state index in [1.807, 2.05) is 31.4 Å². The third kappa shape index (κ3) is 3.57. The first-order chi connectivity index (χ1) is 8.69. The summed E-state index contributed by atoms with van der Waals surface area (Å²) in [5.41, 5.74) is 1.25. The van der Waals surface area contributed by atoms with Gasteiger partial charge in [-0.1, -0.05) is 33.8 Å². The maximum Gasteiger partial charge on any atom is 0.101 e. The molecular weight excluding hydrogens is 308 g/mol. The number of nitrogens with zero attached hydrogens (tertiary/aromatic N) is 1. The number of halogens is 1. The van der Waals surface area contributed by atoms with Crippen LogP contribution in [-0.2, 0) is 0 Å². The highest BCUT2D eigenvalue weighted by molar-refractivity contribution is 9.10. The molecule has 2 rings (SSSR count). The molecule has 2 aromatic rings. The van der Waals surface area contributed by atoms with Gasteiger partial charge in [0.2, 0.25) is 0 Å². The maximum absolute atomic E-state index is 4.40. The van der Waals surface area contributed by atoms with Crippen LogP contribution in [0.2, 0.25) is 0 Å². The fraction of sp³-hybridized carbons (Fsp3) is 0.214. The average Bonchev–Trinajstić information content (AvgIpc) is 2.38. The molecule has 0 spiro atoms. The van der Waals surface area contributed by atoms with Crippen LogP contribution in [0.4, 0.5) is 0 Å². The van der Waals surface area contributed by atoms with E-state index < -0.39 is 0 Å². The fourth-order valence-electron chi connectivity index (χ4n) is 1.57. The topological polar surface area (TPSA) is 24.9 Å². The quantitative estimate of drug-likeness (QED) is 0.909. The zero-order chi connectivity index (χ0) is 13.0. The summed E-state index contributed by atoms with van der Waals surface area (Å²) in [6.07, 6.45) is 1.86. The lowest BCUT2D eigenvalue weighted by atomic mass is 10.1. The van der Waals surface area contributed by atoms with Gasteiger partial charge in [0.15, 0.2) is 0 Å². The first-order valence-corrected chi connectivity index (χ1v) is 7.36. The summed E-state index contributed by atoms with van der Waals surface area (Å²) >= 11 is 5.16. The van der Waals surface area contributed by atoms with Crippen LogP contribution >= 0.6 is 27.7 Å². The van der Waals surface area contributed by atoms with E-state index in [0.717, 1.165) is 9.50 Å². The SMILES string of the molecule is CNC(C)c1ccnc(Sc2cccc(Br)c2)c1. The average molecular weight is 323 g/mol. The summed E-state index contributed by atoms with van der Waals surface area (Å²) in [6, 6.07) is 12.8. The second-order valence-electron chi connectivity index (χ2n) is 4.00. The molecule has 0 aliphatic heterocycles. The molecule has 2 nitrogen and oxygen atoms in total. The molecule has 0 saturated carbocycles. The molecule has 0 aliphatic carbocycles. The van der Waals surface area contributed by atoms with Crippen molar-refractivity contribution >= 4 is 27.7 Å². The number of aromatic nitrogens is 1. The molecule has 1 atom stereocenters. The molecule has 0 amide bonds. The van der Waals surface area contributed by atoms with Crippen LogP contribution < -0.4 is 5.32 Å². The van der Waals surface area contributed by atoms with E-state index in [1.165, 1.54) is 10.5 Å². The third-order valence-electron chi connectivity index (χ3n) is 2.71. The van der Waals surface area contributed by atoms with Crippen molar-refractivity contribution in [2.24, 2.45) is 0 Å². The lowest BCUT2D eigenvalue weighted by molar-refractivity contribution is 0.649. The van der Waals surface area contributed by atoms with Crippen molar-refractivity contribution < 1.29 is 0 Å². The van der Waals surface area contributed by atoms with Crippen molar-refractivity contribution in [3.05, 3.63) is 52.6 Å². The fourth-order valence-corrected chi connectivity index (χ4v) is 3.00. The highest BCUT2D eigenvalue weighted by Gasteiger charge is 2.05. The minimum absolute atomic E-state index is 0.342. The molecule has 1 aromatic heterocycles. The van der Waals surface area contributed by atoms with Crippen molar-refractivity contribution in [1.29, 1.82) is 0 Å². The largest absolute Gasteiger partial charge is 0.313 e. The van der Waals surface area contributed by atoms with Gasteiger partial charge in [0, 0.05) is 21.6 Å². The Morgan fingerprint density at radius 2 is 2.11 bits per heavy atom. The molecule has 1 unspecified atom stereocenters. The monoisotopic (exact) mass is 322 g/mol. The van der Waals surface area contributed by atoms with E-state index in [9.17, 15) is 0 Å². The van der Waals surface area contributed by atoms with Crippen molar-refractivity contribution in [2.75, 3.05) is 7.05 Å². The Balaban J connectivity index is 2.19. The molecular formula is C14H15BrN2S. The first-order valence-electron chi connectivity index (χ1n) is 5.75. The Labute approximate surface area is 120 Å². The van der Waals surface area contributed by atoms with E-state index in [2.05, 4.69) is 51.4 Å². The molecule has 0 bridgehead atoms. The van der Waals surface area contributed by atoms with Crippen molar-refractivity contribution in [3.8, 4) is 0 Å². The lowest BCUT2D eigenvalue weighted by Crippen LogP contribution is -2.12. The zero-order valence-electron chi connectivity index (χ0n) is 10.4. The van der Waals surface area contributed by atoms with E-state index in [4.69, 9.17) is 0 Å². The lowest BCUT2D eigenvalue weighted by Gasteiger charge is -2.11. The Hall–Kier alpha value is -0.840. The number of hydrogen-bond acceptors (Lipinski definition) is 3. The molecule has 0 aliphatic rings. The Kier molecular flexibility index (Phi) is 4.80. The van der Waals surface area contributed by atoms with E-state index in [-0.39, 0.29) is 0 Å². The zero-order valence-corrected chi connectivity index (χ0v) is 12.8. The number of rotatable bonds is 4. The highest BCUT2D eigenvalue weighted by atomic mass is 79.9. The van der Waals surface area contributed by atoms with Crippen molar-refractivity contribution in [2.45, 2.75) is 22.9 Å². The smallest absolute Gasteiger partial charge is 0.101 e. The van der Waals surface area contributed by atoms with Crippen LogP contribution in [-0.4, -0.2) is 12.0 Å². The van der Waals surface area contributed by atoms with Gasteiger partial charge in [-0.3, -0.25) is 0 Å². The van der Waals surface area contributed by atoms with E-state index in [1.54, 1.807) is 11.8 Å². The van der Waals surface area contributed by atoms with Gasteiger partial charge in [-0.15, -0.1) is 0 Å². The van der Waals surface area contributed by atoms with Crippen LogP contribution in [0.1, 0.15) is 18.5 Å². The molecule has 4 heteroatoms. The molecule has 1 N–H and O–H groups in total. The maximum atomic E-state index is 4.40. The molecule has 0 saturated heterocycles. The van der Waals surface area contributed by atoms with Gasteiger partial charge in [-0.25, -0.2) is 4.98 Å². The van der Waals surface area contributed by atoms with Gasteiger partial charge in [0.25, 0.3) is 0 Å². The van der Waals surface area contributed by atoms with Crippen molar-refractivity contribution in [1.82, 2.24) is 10.3 Å². The predicted molar refractivity (Wildman–Crippen MR) is 80.0 cm³/mol. The summed E-state index contributed by atoms with van der Waals surface area (Å²) < 4.78 is 1.09. The molecule has 1 aromatic carbocycles. The van der Waals surface area contributed by atoms with Gasteiger partial charge in [-0.2, -0.15) is 0 Å². The number of nitrogens with one attached hydrogen (secondary N) is 1. The number of benzene rings is 1. The Morgan fingerprint density at radius 1 is 1.28 bits per heavy atom. The second-order valence-corrected chi connectivity index (χ2v) is 6.01. The summed E-state index contributed by atoms with van der Waals surface area (Å²) in [4.78, 5) is 5.59. The summed E-state index contributed by atoms with van der Waals surface area (Å²) in [5, 5.41) is 4.26. The molecule has 0 fully saturated rings. The molecule has 1 heterocycles. The summed E-state index contributed by atoms with van der Waals surface area (Å²) in [5.74, 6) is 0. The normalized spacial score (nSPS) is 12.4. The predicted octanol–water partition coefficient (Wildman–Crippen LogP) is 4.28.